The number of amides is 2. The minimum absolute atomic E-state index is 0.0111. The highest BCUT2D eigenvalue weighted by molar-refractivity contribution is 5.96. The van der Waals surface area contributed by atoms with Gasteiger partial charge in [0.15, 0.2) is 6.61 Å². The van der Waals surface area contributed by atoms with Crippen molar-refractivity contribution in [1.29, 1.82) is 0 Å². The number of esters is 1. The Balaban J connectivity index is 1.76. The van der Waals surface area contributed by atoms with E-state index in [4.69, 9.17) is 4.74 Å². The first kappa shape index (κ1) is 20.9. The molecule has 0 bridgehead atoms. The van der Waals surface area contributed by atoms with Crippen LogP contribution in [-0.2, 0) is 19.7 Å². The second kappa shape index (κ2) is 9.02. The average Bonchev–Trinajstić information content (AvgIpc) is 2.64. The van der Waals surface area contributed by atoms with Crippen LogP contribution in [0.2, 0.25) is 0 Å². The molecule has 0 aliphatic carbocycles. The molecule has 0 saturated carbocycles. The average molecular weight is 374 g/mol. The molecule has 27 heavy (non-hydrogen) atoms. The highest BCUT2D eigenvalue weighted by Gasteiger charge is 2.24. The third-order valence-corrected chi connectivity index (χ3v) is 4.89. The maximum atomic E-state index is 12.1. The number of likely N-dealkylation sites (tertiary alicyclic amines) is 1. The topological polar surface area (TPSA) is 75.7 Å². The predicted octanol–water partition coefficient (Wildman–Crippen LogP) is 2.66. The van der Waals surface area contributed by atoms with Crippen LogP contribution in [0.15, 0.2) is 24.3 Å². The lowest BCUT2D eigenvalue weighted by Crippen LogP contribution is -2.44. The lowest BCUT2D eigenvalue weighted by atomic mass is 9.87. The van der Waals surface area contributed by atoms with Crippen molar-refractivity contribution >= 4 is 17.8 Å². The third kappa shape index (κ3) is 6.08. The maximum absolute atomic E-state index is 12.1. The Bertz CT molecular complexity index is 676. The zero-order chi connectivity index (χ0) is 20.0. The Morgan fingerprint density at radius 1 is 1.15 bits per heavy atom. The summed E-state index contributed by atoms with van der Waals surface area (Å²) >= 11 is 0. The molecule has 1 fully saturated rings. The summed E-state index contributed by atoms with van der Waals surface area (Å²) in [5.41, 5.74) is 1.62. The molecule has 148 valence electrons. The first-order valence-corrected chi connectivity index (χ1v) is 9.52. The van der Waals surface area contributed by atoms with E-state index in [1.54, 1.807) is 17.0 Å². The smallest absolute Gasteiger partial charge is 0.325 e. The molecule has 0 spiro atoms. The number of rotatable bonds is 5. The first-order valence-electron chi connectivity index (χ1n) is 9.52. The van der Waals surface area contributed by atoms with Gasteiger partial charge in [0.2, 0.25) is 0 Å². The third-order valence-electron chi connectivity index (χ3n) is 4.89. The van der Waals surface area contributed by atoms with E-state index < -0.39 is 5.97 Å². The van der Waals surface area contributed by atoms with Crippen LogP contribution < -0.4 is 5.32 Å². The Labute approximate surface area is 161 Å². The second-order valence-electron chi connectivity index (χ2n) is 8.10. The Morgan fingerprint density at radius 3 is 2.41 bits per heavy atom. The number of carbonyl (C=O) groups excluding carboxylic acids is 3. The molecule has 1 aliphatic rings. The Morgan fingerprint density at radius 2 is 1.81 bits per heavy atom. The van der Waals surface area contributed by atoms with Crippen LogP contribution in [0.1, 0.15) is 62.9 Å². The molecule has 2 amide bonds. The minimum atomic E-state index is -0.618. The normalized spacial score (nSPS) is 17.3. The van der Waals surface area contributed by atoms with E-state index in [0.29, 0.717) is 12.1 Å². The van der Waals surface area contributed by atoms with Gasteiger partial charge in [0.05, 0.1) is 0 Å². The first-order chi connectivity index (χ1) is 12.7. The van der Waals surface area contributed by atoms with E-state index in [2.05, 4.69) is 26.1 Å². The summed E-state index contributed by atoms with van der Waals surface area (Å²) in [6.45, 7) is 8.48. The number of nitrogens with one attached hydrogen (secondary N) is 1. The molecule has 1 atom stereocenters. The van der Waals surface area contributed by atoms with Crippen molar-refractivity contribution in [2.75, 3.05) is 19.7 Å². The van der Waals surface area contributed by atoms with Crippen molar-refractivity contribution in [2.45, 2.75) is 58.4 Å². The van der Waals surface area contributed by atoms with Crippen LogP contribution in [0.5, 0.6) is 0 Å². The van der Waals surface area contributed by atoms with Crippen LogP contribution in [0.25, 0.3) is 0 Å². The highest BCUT2D eigenvalue weighted by Crippen LogP contribution is 2.22. The molecule has 1 N–H and O–H groups in total. The molecule has 1 aliphatic heterocycles. The molecule has 1 saturated heterocycles. The minimum Gasteiger partial charge on any atom is -0.454 e. The van der Waals surface area contributed by atoms with Gasteiger partial charge in [-0.15, -0.1) is 0 Å². The van der Waals surface area contributed by atoms with E-state index in [1.807, 2.05) is 19.1 Å². The van der Waals surface area contributed by atoms with Crippen LogP contribution in [-0.4, -0.2) is 48.4 Å². The Hall–Kier alpha value is -2.37. The summed E-state index contributed by atoms with van der Waals surface area (Å²) in [6.07, 6.45) is 3.07. The van der Waals surface area contributed by atoms with Crippen molar-refractivity contribution < 1.29 is 19.1 Å². The van der Waals surface area contributed by atoms with Gasteiger partial charge in [-0.05, 0) is 49.3 Å². The van der Waals surface area contributed by atoms with E-state index in [1.165, 1.54) is 0 Å². The van der Waals surface area contributed by atoms with Gasteiger partial charge >= 0.3 is 5.97 Å². The number of carbonyl (C=O) groups is 3. The molecule has 6 heteroatoms. The van der Waals surface area contributed by atoms with E-state index in [9.17, 15) is 14.4 Å². The summed E-state index contributed by atoms with van der Waals surface area (Å²) in [4.78, 5) is 37.9. The van der Waals surface area contributed by atoms with Gasteiger partial charge in [-0.2, -0.15) is 0 Å². The van der Waals surface area contributed by atoms with Gasteiger partial charge in [0.25, 0.3) is 11.8 Å². The van der Waals surface area contributed by atoms with Crippen molar-refractivity contribution in [3.63, 3.8) is 0 Å². The van der Waals surface area contributed by atoms with Crippen molar-refractivity contribution in [2.24, 2.45) is 0 Å². The molecule has 0 aromatic heterocycles. The van der Waals surface area contributed by atoms with Gasteiger partial charge in [0.1, 0.15) is 6.54 Å². The zero-order valence-corrected chi connectivity index (χ0v) is 16.7. The largest absolute Gasteiger partial charge is 0.454 e. The van der Waals surface area contributed by atoms with Crippen molar-refractivity contribution in [3.8, 4) is 0 Å². The lowest BCUT2D eigenvalue weighted by Gasteiger charge is -2.33. The van der Waals surface area contributed by atoms with Gasteiger partial charge in [0, 0.05) is 18.2 Å². The summed E-state index contributed by atoms with van der Waals surface area (Å²) in [6, 6.07) is 7.48. The van der Waals surface area contributed by atoms with Crippen LogP contribution in [0.4, 0.5) is 0 Å². The van der Waals surface area contributed by atoms with Gasteiger partial charge in [-0.1, -0.05) is 32.9 Å². The fraction of sp³-hybridized carbons (Fsp3) is 0.571. The molecular weight excluding hydrogens is 344 g/mol. The number of hydrogen-bond acceptors (Lipinski definition) is 4. The fourth-order valence-electron chi connectivity index (χ4n) is 3.12. The summed E-state index contributed by atoms with van der Waals surface area (Å²) in [5.74, 6) is -1.14. The molecule has 6 nitrogen and oxygen atoms in total. The molecule has 2 rings (SSSR count). The molecule has 1 aromatic carbocycles. The number of piperidine rings is 1. The van der Waals surface area contributed by atoms with Crippen molar-refractivity contribution in [1.82, 2.24) is 10.2 Å². The van der Waals surface area contributed by atoms with Gasteiger partial charge < -0.3 is 15.0 Å². The van der Waals surface area contributed by atoms with Crippen LogP contribution >= 0.6 is 0 Å². The monoisotopic (exact) mass is 374 g/mol. The van der Waals surface area contributed by atoms with E-state index >= 15 is 0 Å². The predicted molar refractivity (Wildman–Crippen MR) is 103 cm³/mol. The van der Waals surface area contributed by atoms with E-state index in [-0.39, 0.29) is 36.4 Å². The standard InChI is InChI=1S/C21H30N2O4/c1-15-7-5-6-12-23(15)18(24)14-27-19(25)13-22-20(26)16-8-10-17(11-9-16)21(2,3)4/h8-11,15H,5-7,12-14H2,1-4H3,(H,22,26)/t15-/m1/s1. The molecular formula is C21H30N2O4. The number of benzene rings is 1. The number of ether oxygens (including phenoxy) is 1. The molecule has 0 radical (unpaired) electrons. The summed E-state index contributed by atoms with van der Waals surface area (Å²) in [5, 5.41) is 2.53. The molecule has 1 aromatic rings. The zero-order valence-electron chi connectivity index (χ0n) is 16.7. The van der Waals surface area contributed by atoms with E-state index in [0.717, 1.165) is 24.8 Å². The second-order valence-corrected chi connectivity index (χ2v) is 8.10. The number of hydrogen-bond donors (Lipinski definition) is 1. The summed E-state index contributed by atoms with van der Waals surface area (Å²) < 4.78 is 5.01. The quantitative estimate of drug-likeness (QED) is 0.804. The summed E-state index contributed by atoms with van der Waals surface area (Å²) in [7, 11) is 0. The molecule has 1 heterocycles. The Kier molecular flexibility index (Phi) is 6.99. The fourth-order valence-corrected chi connectivity index (χ4v) is 3.12. The van der Waals surface area contributed by atoms with Crippen LogP contribution in [0, 0.1) is 0 Å². The van der Waals surface area contributed by atoms with Gasteiger partial charge in [-0.3, -0.25) is 14.4 Å². The highest BCUT2D eigenvalue weighted by atomic mass is 16.5. The van der Waals surface area contributed by atoms with Crippen LogP contribution in [0.3, 0.4) is 0 Å². The lowest BCUT2D eigenvalue weighted by molar-refractivity contribution is -0.152. The number of nitrogens with zero attached hydrogens (tertiary/aromatic N) is 1. The molecule has 0 unspecified atom stereocenters. The SMILES string of the molecule is C[C@@H]1CCCCN1C(=O)COC(=O)CNC(=O)c1ccc(C(C)(C)C)cc1. The van der Waals surface area contributed by atoms with Crippen molar-refractivity contribution in [3.05, 3.63) is 35.4 Å². The van der Waals surface area contributed by atoms with Gasteiger partial charge in [-0.25, -0.2) is 0 Å². The maximum Gasteiger partial charge on any atom is 0.325 e.